The van der Waals surface area contributed by atoms with Crippen LogP contribution in [-0.4, -0.2) is 29.1 Å². The van der Waals surface area contributed by atoms with Gasteiger partial charge in [-0.25, -0.2) is 8.78 Å². The predicted octanol–water partition coefficient (Wildman–Crippen LogP) is 3.51. The van der Waals surface area contributed by atoms with Crippen LogP contribution in [0.5, 0.6) is 0 Å². The van der Waals surface area contributed by atoms with Gasteiger partial charge in [-0.3, -0.25) is 0 Å². The normalized spacial score (nSPS) is 16.9. The highest BCUT2D eigenvalue weighted by atomic mass is 19.1. The second kappa shape index (κ2) is 6.64. The second-order valence-corrected chi connectivity index (χ2v) is 6.04. The summed E-state index contributed by atoms with van der Waals surface area (Å²) in [6, 6.07) is 3.65. The van der Waals surface area contributed by atoms with Gasteiger partial charge in [0.15, 0.2) is 0 Å². The molecule has 1 aromatic carbocycles. The first-order valence-corrected chi connectivity index (χ1v) is 7.34. The van der Waals surface area contributed by atoms with Crippen molar-refractivity contribution in [3.63, 3.8) is 0 Å². The molecule has 1 aromatic rings. The van der Waals surface area contributed by atoms with E-state index in [1.807, 2.05) is 0 Å². The summed E-state index contributed by atoms with van der Waals surface area (Å²) in [7, 11) is 0. The lowest BCUT2D eigenvalue weighted by molar-refractivity contribution is 0.127. The van der Waals surface area contributed by atoms with Gasteiger partial charge >= 0.3 is 0 Å². The zero-order valence-corrected chi connectivity index (χ0v) is 12.1. The molecule has 0 radical (unpaired) electrons. The molecule has 2 rings (SSSR count). The number of halogens is 2. The minimum absolute atomic E-state index is 0.317. The number of aliphatic hydroxyl groups excluding tert-OH is 1. The Morgan fingerprint density at radius 1 is 1.20 bits per heavy atom. The van der Waals surface area contributed by atoms with Gasteiger partial charge in [0.2, 0.25) is 0 Å². The Morgan fingerprint density at radius 2 is 1.80 bits per heavy atom. The van der Waals surface area contributed by atoms with E-state index in [2.05, 4.69) is 18.7 Å². The average molecular weight is 283 g/mol. The molecule has 0 heterocycles. The maximum Gasteiger partial charge on any atom is 0.126 e. The summed E-state index contributed by atoms with van der Waals surface area (Å²) in [4.78, 5) is 2.33. The molecule has 0 bridgehead atoms. The van der Waals surface area contributed by atoms with E-state index in [1.165, 1.54) is 25.0 Å². The lowest BCUT2D eigenvalue weighted by Crippen LogP contribution is -2.34. The fraction of sp³-hybridized carbons (Fsp3) is 0.625. The van der Waals surface area contributed by atoms with Crippen molar-refractivity contribution in [1.29, 1.82) is 0 Å². The summed E-state index contributed by atoms with van der Waals surface area (Å²) in [5.41, 5.74) is 0.317. The first-order valence-electron chi connectivity index (χ1n) is 7.34. The van der Waals surface area contributed by atoms with Gasteiger partial charge in [0, 0.05) is 25.2 Å². The second-order valence-electron chi connectivity index (χ2n) is 6.04. The van der Waals surface area contributed by atoms with Crippen molar-refractivity contribution in [2.24, 2.45) is 5.92 Å². The van der Waals surface area contributed by atoms with E-state index < -0.39 is 17.7 Å². The molecule has 0 saturated heterocycles. The first-order chi connectivity index (χ1) is 9.45. The lowest BCUT2D eigenvalue weighted by Gasteiger charge is -2.27. The Bertz CT molecular complexity index is 426. The number of hydrogen-bond donors (Lipinski definition) is 1. The molecule has 0 aromatic heterocycles. The zero-order chi connectivity index (χ0) is 14.7. The Morgan fingerprint density at radius 3 is 2.30 bits per heavy atom. The third kappa shape index (κ3) is 4.53. The Labute approximate surface area is 119 Å². The van der Waals surface area contributed by atoms with Gasteiger partial charge in [-0.05, 0) is 56.7 Å². The average Bonchev–Trinajstić information content (AvgIpc) is 3.16. The standard InChI is InChI=1S/C16H23F2NO/c1-11(2)19(10-12-3-4-12)6-5-16(20)13-7-14(17)9-15(18)8-13/h7-9,11-12,16,20H,3-6,10H2,1-2H3. The van der Waals surface area contributed by atoms with E-state index in [0.29, 0.717) is 18.0 Å². The summed E-state index contributed by atoms with van der Waals surface area (Å²) >= 11 is 0. The van der Waals surface area contributed by atoms with E-state index in [1.54, 1.807) is 0 Å². The molecule has 1 unspecified atom stereocenters. The van der Waals surface area contributed by atoms with Crippen LogP contribution in [0.3, 0.4) is 0 Å². The Kier molecular flexibility index (Phi) is 5.11. The molecule has 0 amide bonds. The van der Waals surface area contributed by atoms with Crippen molar-refractivity contribution < 1.29 is 13.9 Å². The van der Waals surface area contributed by atoms with Crippen LogP contribution in [0.15, 0.2) is 18.2 Å². The van der Waals surface area contributed by atoms with Crippen LogP contribution in [0.2, 0.25) is 0 Å². The number of benzene rings is 1. The molecular formula is C16H23F2NO. The minimum atomic E-state index is -0.819. The molecular weight excluding hydrogens is 260 g/mol. The van der Waals surface area contributed by atoms with Gasteiger partial charge in [-0.1, -0.05) is 0 Å². The van der Waals surface area contributed by atoms with Crippen LogP contribution in [0.1, 0.15) is 44.8 Å². The van der Waals surface area contributed by atoms with E-state index in [-0.39, 0.29) is 0 Å². The van der Waals surface area contributed by atoms with E-state index >= 15 is 0 Å². The molecule has 4 heteroatoms. The van der Waals surface area contributed by atoms with Gasteiger partial charge in [-0.2, -0.15) is 0 Å². The van der Waals surface area contributed by atoms with Gasteiger partial charge in [0.1, 0.15) is 11.6 Å². The monoisotopic (exact) mass is 283 g/mol. The van der Waals surface area contributed by atoms with Crippen LogP contribution < -0.4 is 0 Å². The molecule has 1 aliphatic carbocycles. The highest BCUT2D eigenvalue weighted by Crippen LogP contribution is 2.30. The van der Waals surface area contributed by atoms with Crippen molar-refractivity contribution in [2.45, 2.75) is 45.3 Å². The van der Waals surface area contributed by atoms with Crippen molar-refractivity contribution in [3.05, 3.63) is 35.4 Å². The van der Waals surface area contributed by atoms with Crippen molar-refractivity contribution in [1.82, 2.24) is 4.90 Å². The fourth-order valence-electron chi connectivity index (χ4n) is 2.41. The van der Waals surface area contributed by atoms with Crippen LogP contribution in [0, 0.1) is 17.6 Å². The summed E-state index contributed by atoms with van der Waals surface area (Å²) in [6.07, 6.45) is 2.26. The SMILES string of the molecule is CC(C)N(CCC(O)c1cc(F)cc(F)c1)CC1CC1. The first kappa shape index (κ1) is 15.4. The summed E-state index contributed by atoms with van der Waals surface area (Å²) in [6.45, 7) is 6.07. The third-order valence-electron chi connectivity index (χ3n) is 3.88. The molecule has 0 spiro atoms. The summed E-state index contributed by atoms with van der Waals surface area (Å²) in [5, 5.41) is 10.1. The molecule has 20 heavy (non-hydrogen) atoms. The van der Waals surface area contributed by atoms with Gasteiger partial charge in [0.05, 0.1) is 6.10 Å². The van der Waals surface area contributed by atoms with Gasteiger partial charge < -0.3 is 10.0 Å². The van der Waals surface area contributed by atoms with Crippen LogP contribution in [-0.2, 0) is 0 Å². The smallest absolute Gasteiger partial charge is 0.126 e. The third-order valence-corrected chi connectivity index (χ3v) is 3.88. The summed E-state index contributed by atoms with van der Waals surface area (Å²) in [5.74, 6) is -0.489. The van der Waals surface area contributed by atoms with Crippen LogP contribution in [0.4, 0.5) is 8.78 Å². The maximum absolute atomic E-state index is 13.1. The number of aliphatic hydroxyl groups is 1. The topological polar surface area (TPSA) is 23.5 Å². The number of rotatable bonds is 7. The fourth-order valence-corrected chi connectivity index (χ4v) is 2.41. The summed E-state index contributed by atoms with van der Waals surface area (Å²) < 4.78 is 26.3. The molecule has 1 saturated carbocycles. The van der Waals surface area contributed by atoms with E-state index in [0.717, 1.165) is 25.1 Å². The van der Waals surface area contributed by atoms with Crippen LogP contribution in [0.25, 0.3) is 0 Å². The maximum atomic E-state index is 13.1. The molecule has 112 valence electrons. The van der Waals surface area contributed by atoms with E-state index in [9.17, 15) is 13.9 Å². The highest BCUT2D eigenvalue weighted by molar-refractivity contribution is 5.20. The molecule has 1 aliphatic rings. The Balaban J connectivity index is 1.90. The zero-order valence-electron chi connectivity index (χ0n) is 12.1. The minimum Gasteiger partial charge on any atom is -0.388 e. The largest absolute Gasteiger partial charge is 0.388 e. The molecule has 2 nitrogen and oxygen atoms in total. The molecule has 1 N–H and O–H groups in total. The predicted molar refractivity (Wildman–Crippen MR) is 75.4 cm³/mol. The number of hydrogen-bond acceptors (Lipinski definition) is 2. The molecule has 1 fully saturated rings. The van der Waals surface area contributed by atoms with Crippen molar-refractivity contribution in [3.8, 4) is 0 Å². The number of nitrogens with zero attached hydrogens (tertiary/aromatic N) is 1. The van der Waals surface area contributed by atoms with Gasteiger partial charge in [-0.15, -0.1) is 0 Å². The Hall–Kier alpha value is -1.00. The molecule has 1 atom stereocenters. The lowest BCUT2D eigenvalue weighted by atomic mass is 10.1. The van der Waals surface area contributed by atoms with Crippen molar-refractivity contribution in [2.75, 3.05) is 13.1 Å². The van der Waals surface area contributed by atoms with Crippen LogP contribution >= 0.6 is 0 Å². The quantitative estimate of drug-likeness (QED) is 0.828. The molecule has 0 aliphatic heterocycles. The van der Waals surface area contributed by atoms with E-state index in [4.69, 9.17) is 0 Å². The van der Waals surface area contributed by atoms with Crippen molar-refractivity contribution >= 4 is 0 Å². The highest BCUT2D eigenvalue weighted by Gasteiger charge is 2.25. The van der Waals surface area contributed by atoms with Gasteiger partial charge in [0.25, 0.3) is 0 Å².